The first-order valence-corrected chi connectivity index (χ1v) is 20.1. The molecular formula is C48H53N3O3S. The molecule has 55 heavy (non-hydrogen) atoms. The van der Waals surface area contributed by atoms with E-state index >= 15 is 0 Å². The third-order valence-corrected chi connectivity index (χ3v) is 13.1. The number of likely N-dealkylation sites (N-methyl/N-ethyl adjacent to an activating group) is 2. The monoisotopic (exact) mass is 751 g/mol. The summed E-state index contributed by atoms with van der Waals surface area (Å²) in [6.45, 7) is 6.32. The first-order valence-electron chi connectivity index (χ1n) is 19.2. The number of carbonyl (C=O) groups excluding carboxylic acids is 3. The zero-order chi connectivity index (χ0) is 39.5. The summed E-state index contributed by atoms with van der Waals surface area (Å²) >= 11 is 1.85. The highest BCUT2D eigenvalue weighted by Crippen LogP contribution is 2.44. The number of allylic oxidation sites excluding steroid dienone is 4. The molecule has 3 unspecified atom stereocenters. The van der Waals surface area contributed by atoms with Gasteiger partial charge in [0, 0.05) is 23.1 Å². The van der Waals surface area contributed by atoms with E-state index < -0.39 is 11.1 Å². The molecule has 0 fully saturated rings. The SMILES string of the molecule is CCC(Cc1ccccc1)(C(=O)C1=CC=C2C(=Cc3ccccc32)C1=O)N(C)C.CCC(Cc1ccccc1)(C(=O)c1ccc2c(c1)N(C)C(C)S2)N(C)C. The molecular weight excluding hydrogens is 699 g/mol. The molecule has 0 aromatic heterocycles. The van der Waals surface area contributed by atoms with E-state index in [2.05, 4.69) is 55.0 Å². The van der Waals surface area contributed by atoms with Crippen molar-refractivity contribution in [3.8, 4) is 0 Å². The van der Waals surface area contributed by atoms with E-state index in [1.165, 1.54) is 10.5 Å². The van der Waals surface area contributed by atoms with Crippen LogP contribution in [0.1, 0.15) is 66.2 Å². The highest BCUT2D eigenvalue weighted by Gasteiger charge is 2.44. The van der Waals surface area contributed by atoms with Crippen molar-refractivity contribution in [3.05, 3.63) is 154 Å². The Balaban J connectivity index is 0.000000188. The fourth-order valence-corrected chi connectivity index (χ4v) is 9.26. The molecule has 4 aromatic rings. The largest absolute Gasteiger partial charge is 0.362 e. The lowest BCUT2D eigenvalue weighted by Gasteiger charge is -2.39. The van der Waals surface area contributed by atoms with Gasteiger partial charge in [-0.05, 0) is 113 Å². The van der Waals surface area contributed by atoms with Gasteiger partial charge in [0.25, 0.3) is 0 Å². The number of thioether (sulfide) groups is 1. The predicted octanol–water partition coefficient (Wildman–Crippen LogP) is 9.21. The second-order valence-corrected chi connectivity index (χ2v) is 16.5. The van der Waals surface area contributed by atoms with Gasteiger partial charge in [-0.3, -0.25) is 24.2 Å². The maximum absolute atomic E-state index is 13.8. The summed E-state index contributed by atoms with van der Waals surface area (Å²) in [7, 11) is 9.97. The number of rotatable bonds is 12. The number of ketones is 3. The van der Waals surface area contributed by atoms with Gasteiger partial charge in [0.1, 0.15) is 0 Å². The lowest BCUT2D eigenvalue weighted by atomic mass is 9.76. The summed E-state index contributed by atoms with van der Waals surface area (Å²) in [4.78, 5) is 48.3. The second kappa shape index (κ2) is 16.5. The van der Waals surface area contributed by atoms with Crippen molar-refractivity contribution < 1.29 is 14.4 Å². The van der Waals surface area contributed by atoms with Crippen molar-refractivity contribution in [2.75, 3.05) is 40.1 Å². The number of nitrogens with zero attached hydrogens (tertiary/aromatic N) is 3. The van der Waals surface area contributed by atoms with Crippen LogP contribution < -0.4 is 4.90 Å². The van der Waals surface area contributed by atoms with Crippen molar-refractivity contribution >= 4 is 46.4 Å². The standard InChI is InChI=1S/C26H25NO2.C22H28N2OS/c1-4-26(27(2)3,17-18-10-6-5-7-11-18)25(29)22-15-14-21-20-13-9-8-12-19(20)16-23(21)24(22)28;1-6-22(23(3)4,15-17-10-8-7-9-11-17)21(25)18-12-13-20-19(14-18)24(5)16(2)26-20/h5-16H,4,17H2,1-3H3;7-14,16H,6,15H2,1-5H3. The maximum Gasteiger partial charge on any atom is 0.197 e. The van der Waals surface area contributed by atoms with Crippen LogP contribution in [-0.4, -0.2) is 78.8 Å². The van der Waals surface area contributed by atoms with Crippen molar-refractivity contribution in [3.63, 3.8) is 0 Å². The molecule has 2 aliphatic carbocycles. The molecule has 0 spiro atoms. The van der Waals surface area contributed by atoms with Crippen molar-refractivity contribution in [1.82, 2.24) is 9.80 Å². The summed E-state index contributed by atoms with van der Waals surface area (Å²) in [6.07, 6.45) is 8.22. The van der Waals surface area contributed by atoms with Crippen LogP contribution in [0.15, 0.2) is 131 Å². The third kappa shape index (κ3) is 7.58. The van der Waals surface area contributed by atoms with E-state index in [-0.39, 0.29) is 22.9 Å². The molecule has 4 aromatic carbocycles. The number of Topliss-reactive ketones (excluding diaryl/α,β-unsaturated/α-hetero) is 3. The predicted molar refractivity (Wildman–Crippen MR) is 229 cm³/mol. The van der Waals surface area contributed by atoms with Gasteiger partial charge in [-0.2, -0.15) is 0 Å². The van der Waals surface area contributed by atoms with Crippen LogP contribution in [0, 0.1) is 0 Å². The highest BCUT2D eigenvalue weighted by molar-refractivity contribution is 8.00. The number of anilines is 1. The van der Waals surface area contributed by atoms with Crippen molar-refractivity contribution in [2.24, 2.45) is 0 Å². The molecule has 0 bridgehead atoms. The zero-order valence-electron chi connectivity index (χ0n) is 33.4. The maximum atomic E-state index is 13.8. The van der Waals surface area contributed by atoms with Crippen LogP contribution in [0.4, 0.5) is 5.69 Å². The van der Waals surface area contributed by atoms with Crippen LogP contribution in [0.2, 0.25) is 0 Å². The molecule has 284 valence electrons. The lowest BCUT2D eigenvalue weighted by molar-refractivity contribution is -0.128. The average molecular weight is 752 g/mol. The number of hydrogen-bond donors (Lipinski definition) is 0. The van der Waals surface area contributed by atoms with Gasteiger partial charge >= 0.3 is 0 Å². The summed E-state index contributed by atoms with van der Waals surface area (Å²) in [6, 6.07) is 34.5. The topological polar surface area (TPSA) is 60.9 Å². The van der Waals surface area contributed by atoms with E-state index in [9.17, 15) is 14.4 Å². The summed E-state index contributed by atoms with van der Waals surface area (Å²) in [5.41, 5.74) is 6.85. The number of benzene rings is 4. The number of carbonyl (C=O) groups is 3. The normalized spacial score (nSPS) is 17.9. The Morgan fingerprint density at radius 3 is 1.82 bits per heavy atom. The smallest absolute Gasteiger partial charge is 0.197 e. The van der Waals surface area contributed by atoms with Crippen molar-refractivity contribution in [1.29, 1.82) is 0 Å². The third-order valence-electron chi connectivity index (χ3n) is 11.8. The zero-order valence-corrected chi connectivity index (χ0v) is 34.2. The molecule has 3 atom stereocenters. The van der Waals surface area contributed by atoms with Gasteiger partial charge in [-0.25, -0.2) is 0 Å². The Bertz CT molecular complexity index is 2170. The van der Waals surface area contributed by atoms with Gasteiger partial charge in [0.15, 0.2) is 17.3 Å². The highest BCUT2D eigenvalue weighted by atomic mass is 32.2. The van der Waals surface area contributed by atoms with Crippen LogP contribution in [0.5, 0.6) is 0 Å². The van der Waals surface area contributed by atoms with E-state index in [4.69, 9.17) is 0 Å². The average Bonchev–Trinajstić information content (AvgIpc) is 3.72. The van der Waals surface area contributed by atoms with E-state index in [0.29, 0.717) is 30.2 Å². The van der Waals surface area contributed by atoms with Gasteiger partial charge in [0.05, 0.1) is 27.7 Å². The van der Waals surface area contributed by atoms with E-state index in [1.54, 1.807) is 6.08 Å². The van der Waals surface area contributed by atoms with E-state index in [1.807, 2.05) is 143 Å². The molecule has 7 rings (SSSR count). The number of fused-ring (bicyclic) bond motifs is 4. The summed E-state index contributed by atoms with van der Waals surface area (Å²) < 4.78 is 0. The molecule has 0 N–H and O–H groups in total. The lowest BCUT2D eigenvalue weighted by Crippen LogP contribution is -2.54. The van der Waals surface area contributed by atoms with Gasteiger partial charge < -0.3 is 4.90 Å². The van der Waals surface area contributed by atoms with Crippen LogP contribution in [-0.2, 0) is 22.4 Å². The molecule has 0 amide bonds. The summed E-state index contributed by atoms with van der Waals surface area (Å²) in [5.74, 6) is -0.0722. The molecule has 1 heterocycles. The molecule has 0 saturated heterocycles. The Morgan fingerprint density at radius 1 is 0.709 bits per heavy atom. The van der Waals surface area contributed by atoms with Crippen LogP contribution in [0.25, 0.3) is 11.6 Å². The van der Waals surface area contributed by atoms with Gasteiger partial charge in [-0.15, -0.1) is 0 Å². The Morgan fingerprint density at radius 2 is 1.25 bits per heavy atom. The van der Waals surface area contributed by atoms with Crippen molar-refractivity contribution in [2.45, 2.75) is 67.8 Å². The number of hydrogen-bond acceptors (Lipinski definition) is 7. The fourth-order valence-electron chi connectivity index (χ4n) is 8.15. The minimum absolute atomic E-state index is 0.106. The molecule has 0 radical (unpaired) electrons. The first kappa shape index (κ1) is 39.9. The Kier molecular flexibility index (Phi) is 12.0. The quantitative estimate of drug-likeness (QED) is 0.106. The van der Waals surface area contributed by atoms with Gasteiger partial charge in [-0.1, -0.05) is 123 Å². The van der Waals surface area contributed by atoms with E-state index in [0.717, 1.165) is 39.9 Å². The van der Waals surface area contributed by atoms with Crippen LogP contribution >= 0.6 is 11.8 Å². The molecule has 6 nitrogen and oxygen atoms in total. The van der Waals surface area contributed by atoms with Crippen LogP contribution in [0.3, 0.4) is 0 Å². The fraction of sp³-hybridized carbons (Fsp3) is 0.312. The molecule has 7 heteroatoms. The summed E-state index contributed by atoms with van der Waals surface area (Å²) in [5, 5.41) is 0.407. The first-order chi connectivity index (χ1) is 26.4. The molecule has 3 aliphatic rings. The Labute approximate surface area is 331 Å². The minimum Gasteiger partial charge on any atom is -0.362 e. The minimum atomic E-state index is -0.764. The molecule has 1 aliphatic heterocycles. The Hall–Kier alpha value is -4.82. The van der Waals surface area contributed by atoms with Gasteiger partial charge in [0.2, 0.25) is 0 Å². The second-order valence-electron chi connectivity index (χ2n) is 15.2. The molecule has 0 saturated carbocycles.